The van der Waals surface area contributed by atoms with Crippen LogP contribution in [0.15, 0.2) is 4.90 Å². The number of sulfone groups is 1. The molecule has 1 amide bonds. The van der Waals surface area contributed by atoms with E-state index in [4.69, 9.17) is 16.2 Å². The van der Waals surface area contributed by atoms with E-state index in [1.165, 1.54) is 0 Å². The Morgan fingerprint density at radius 2 is 2.19 bits per heavy atom. The van der Waals surface area contributed by atoms with E-state index in [1.54, 1.807) is 0 Å². The molecule has 1 aliphatic heterocycles. The smallest absolute Gasteiger partial charge is 0.261 e. The van der Waals surface area contributed by atoms with Gasteiger partial charge in [-0.2, -0.15) is 0 Å². The number of morpholine rings is 1. The molecule has 1 saturated heterocycles. The average molecular weight is 333 g/mol. The predicted octanol–water partition coefficient (Wildman–Crippen LogP) is 0.448. The molecule has 0 aromatic carbocycles. The van der Waals surface area contributed by atoms with Gasteiger partial charge in [0.15, 0.2) is 9.84 Å². The van der Waals surface area contributed by atoms with Crippen LogP contribution in [-0.2, 0) is 14.6 Å². The van der Waals surface area contributed by atoms with E-state index < -0.39 is 15.7 Å². The van der Waals surface area contributed by atoms with Crippen molar-refractivity contribution in [1.82, 2.24) is 0 Å². The topological polar surface area (TPSA) is 116 Å². The third-order valence-electron chi connectivity index (χ3n) is 3.36. The van der Waals surface area contributed by atoms with Crippen LogP contribution in [-0.4, -0.2) is 46.4 Å². The molecule has 9 heteroatoms. The van der Waals surface area contributed by atoms with Gasteiger partial charge in [0.1, 0.15) is 14.8 Å². The third kappa shape index (κ3) is 3.14. The van der Waals surface area contributed by atoms with Gasteiger partial charge in [-0.25, -0.2) is 8.42 Å². The maximum absolute atomic E-state index is 12.0. The molecule has 1 aliphatic rings. The van der Waals surface area contributed by atoms with Crippen LogP contribution in [0, 0.1) is 0 Å². The molecule has 0 saturated carbocycles. The summed E-state index contributed by atoms with van der Waals surface area (Å²) in [7, 11) is -3.56. The molecule has 1 aromatic heterocycles. The summed E-state index contributed by atoms with van der Waals surface area (Å²) in [4.78, 5) is 13.4. The third-order valence-corrected chi connectivity index (χ3v) is 5.92. The summed E-state index contributed by atoms with van der Waals surface area (Å²) >= 11 is 1.03. The Labute approximate surface area is 127 Å². The van der Waals surface area contributed by atoms with Crippen LogP contribution in [0.1, 0.15) is 23.0 Å². The molecule has 1 aromatic rings. The number of rotatable bonds is 4. The summed E-state index contributed by atoms with van der Waals surface area (Å²) in [5.74, 6) is -0.714. The highest BCUT2D eigenvalue weighted by atomic mass is 32.2. The lowest BCUT2D eigenvalue weighted by Crippen LogP contribution is -2.42. The van der Waals surface area contributed by atoms with Crippen LogP contribution in [0.3, 0.4) is 0 Å². The lowest BCUT2D eigenvalue weighted by molar-refractivity contribution is 0.0385. The van der Waals surface area contributed by atoms with Crippen LogP contribution < -0.4 is 16.4 Å². The highest BCUT2D eigenvalue weighted by molar-refractivity contribution is 7.91. The molecule has 0 aliphatic carbocycles. The first kappa shape index (κ1) is 16.1. The Kier molecular flexibility index (Phi) is 4.45. The van der Waals surface area contributed by atoms with Crippen molar-refractivity contribution in [2.24, 2.45) is 5.73 Å². The number of anilines is 2. The zero-order valence-electron chi connectivity index (χ0n) is 12.0. The average Bonchev–Trinajstić information content (AvgIpc) is 2.76. The number of ether oxygens (including phenoxy) is 1. The second kappa shape index (κ2) is 5.82. The number of nitrogens with zero attached hydrogens (tertiary/aromatic N) is 1. The second-order valence-corrected chi connectivity index (χ2v) is 7.91. The van der Waals surface area contributed by atoms with Gasteiger partial charge in [0.2, 0.25) is 0 Å². The monoisotopic (exact) mass is 333 g/mol. The van der Waals surface area contributed by atoms with Crippen molar-refractivity contribution in [1.29, 1.82) is 0 Å². The number of thiophene rings is 1. The maximum Gasteiger partial charge on any atom is 0.261 e. The lowest BCUT2D eigenvalue weighted by Gasteiger charge is -2.33. The van der Waals surface area contributed by atoms with Crippen molar-refractivity contribution >= 4 is 37.8 Å². The molecule has 1 fully saturated rings. The number of primary amides is 1. The Bertz CT molecular complexity index is 654. The Morgan fingerprint density at radius 3 is 2.71 bits per heavy atom. The molecule has 4 N–H and O–H groups in total. The van der Waals surface area contributed by atoms with Crippen molar-refractivity contribution in [2.45, 2.75) is 24.3 Å². The van der Waals surface area contributed by atoms with E-state index in [1.807, 2.05) is 11.8 Å². The van der Waals surface area contributed by atoms with Gasteiger partial charge >= 0.3 is 0 Å². The van der Waals surface area contributed by atoms with Crippen molar-refractivity contribution in [3.05, 3.63) is 4.88 Å². The highest BCUT2D eigenvalue weighted by Gasteiger charge is 2.31. The highest BCUT2D eigenvalue weighted by Crippen LogP contribution is 2.41. The fourth-order valence-electron chi connectivity index (χ4n) is 2.32. The first-order valence-electron chi connectivity index (χ1n) is 6.54. The number of hydrogen-bond donors (Lipinski definition) is 2. The SMILES string of the molecule is CCC1CN(c2sc(C(N)=O)c(N)c2S(C)(=O)=O)CCO1. The van der Waals surface area contributed by atoms with Crippen molar-refractivity contribution in [3.63, 3.8) is 0 Å². The summed E-state index contributed by atoms with van der Waals surface area (Å²) in [6.07, 6.45) is 1.94. The first-order chi connectivity index (χ1) is 9.75. The maximum atomic E-state index is 12.0. The zero-order chi connectivity index (χ0) is 15.8. The van der Waals surface area contributed by atoms with Gasteiger partial charge in [0.25, 0.3) is 5.91 Å². The Morgan fingerprint density at radius 1 is 1.52 bits per heavy atom. The number of nitrogen functional groups attached to an aromatic ring is 1. The number of carbonyl (C=O) groups excluding carboxylic acids is 1. The molecular weight excluding hydrogens is 314 g/mol. The Balaban J connectivity index is 2.52. The van der Waals surface area contributed by atoms with E-state index in [2.05, 4.69) is 0 Å². The van der Waals surface area contributed by atoms with Gasteiger partial charge in [-0.3, -0.25) is 4.79 Å². The summed E-state index contributed by atoms with van der Waals surface area (Å²) < 4.78 is 29.6. The second-order valence-electron chi connectivity index (χ2n) is 4.96. The van der Waals surface area contributed by atoms with Crippen LogP contribution in [0.2, 0.25) is 0 Å². The van der Waals surface area contributed by atoms with Crippen molar-refractivity contribution in [3.8, 4) is 0 Å². The predicted molar refractivity (Wildman–Crippen MR) is 82.6 cm³/mol. The van der Waals surface area contributed by atoms with Gasteiger partial charge < -0.3 is 21.1 Å². The largest absolute Gasteiger partial charge is 0.396 e. The molecule has 1 unspecified atom stereocenters. The Hall–Kier alpha value is -1.32. The fourth-order valence-corrected chi connectivity index (χ4v) is 4.91. The molecule has 2 heterocycles. The van der Waals surface area contributed by atoms with E-state index in [9.17, 15) is 13.2 Å². The first-order valence-corrected chi connectivity index (χ1v) is 9.25. The number of amides is 1. The number of nitrogens with two attached hydrogens (primary N) is 2. The standard InChI is InChI=1S/C12H19N3O4S2/c1-3-7-6-15(4-5-19-7)12-10(21(2,17)18)8(13)9(20-12)11(14)16/h7H,3-6,13H2,1-2H3,(H2,14,16). The van der Waals surface area contributed by atoms with E-state index in [-0.39, 0.29) is 21.6 Å². The summed E-state index contributed by atoms with van der Waals surface area (Å²) in [5.41, 5.74) is 11.1. The molecule has 0 spiro atoms. The van der Waals surface area contributed by atoms with Crippen LogP contribution in [0.5, 0.6) is 0 Å². The molecular formula is C12H19N3O4S2. The summed E-state index contributed by atoms with van der Waals surface area (Å²) in [6, 6.07) is 0. The van der Waals surface area contributed by atoms with Crippen LogP contribution in [0.25, 0.3) is 0 Å². The molecule has 2 rings (SSSR count). The minimum Gasteiger partial charge on any atom is -0.396 e. The molecule has 0 bridgehead atoms. The number of carbonyl (C=O) groups is 1. The quantitative estimate of drug-likeness (QED) is 0.826. The van der Waals surface area contributed by atoms with Gasteiger partial charge in [-0.1, -0.05) is 6.92 Å². The van der Waals surface area contributed by atoms with Crippen LogP contribution >= 0.6 is 11.3 Å². The molecule has 7 nitrogen and oxygen atoms in total. The van der Waals surface area contributed by atoms with Gasteiger partial charge in [-0.15, -0.1) is 11.3 Å². The van der Waals surface area contributed by atoms with Crippen molar-refractivity contribution < 1.29 is 17.9 Å². The van der Waals surface area contributed by atoms with Crippen LogP contribution in [0.4, 0.5) is 10.7 Å². The van der Waals surface area contributed by atoms with E-state index in [0.717, 1.165) is 24.0 Å². The molecule has 1 atom stereocenters. The minimum absolute atomic E-state index is 0.00180. The summed E-state index contributed by atoms with van der Waals surface area (Å²) in [5, 5.41) is 0.477. The van der Waals surface area contributed by atoms with E-state index >= 15 is 0 Å². The van der Waals surface area contributed by atoms with Gasteiger partial charge in [-0.05, 0) is 6.42 Å². The van der Waals surface area contributed by atoms with Crippen molar-refractivity contribution in [2.75, 3.05) is 36.6 Å². The van der Waals surface area contributed by atoms with Gasteiger partial charge in [0.05, 0.1) is 18.4 Å². The molecule has 0 radical (unpaired) electrons. The van der Waals surface area contributed by atoms with Gasteiger partial charge in [0, 0.05) is 19.3 Å². The molecule has 118 valence electrons. The normalized spacial score (nSPS) is 19.7. The lowest BCUT2D eigenvalue weighted by atomic mass is 10.2. The molecule has 21 heavy (non-hydrogen) atoms. The zero-order valence-corrected chi connectivity index (χ0v) is 13.6. The summed E-state index contributed by atoms with van der Waals surface area (Å²) in [6.45, 7) is 3.63. The number of hydrogen-bond acceptors (Lipinski definition) is 7. The minimum atomic E-state index is -3.56. The fraction of sp³-hybridized carbons (Fsp3) is 0.583. The van der Waals surface area contributed by atoms with E-state index in [0.29, 0.717) is 24.7 Å².